The number of hydrogen-bond acceptors (Lipinski definition) is 5. The average Bonchev–Trinajstić information content (AvgIpc) is 3.12. The van der Waals surface area contributed by atoms with Crippen LogP contribution in [-0.4, -0.2) is 42.3 Å². The first-order valence-corrected chi connectivity index (χ1v) is 7.82. The van der Waals surface area contributed by atoms with Crippen LogP contribution in [0.1, 0.15) is 19.0 Å². The van der Waals surface area contributed by atoms with Crippen LogP contribution >= 0.6 is 15.9 Å². The number of carbonyl (C=O) groups excluding carboxylic acids is 1. The lowest BCUT2D eigenvalue weighted by atomic mass is 10.3. The third kappa shape index (κ3) is 4.15. The second-order valence-electron chi connectivity index (χ2n) is 4.97. The van der Waals surface area contributed by atoms with E-state index >= 15 is 0 Å². The summed E-state index contributed by atoms with van der Waals surface area (Å²) in [6.07, 6.45) is 4.41. The molecule has 0 aromatic carbocycles. The SMILES string of the molecule is CCn1ncc(Br)c1CN(C)C(=O)CCn1cc([N+](=O)[O-])cn1. The zero-order valence-electron chi connectivity index (χ0n) is 12.8. The monoisotopic (exact) mass is 384 g/mol. The quantitative estimate of drug-likeness (QED) is 0.535. The van der Waals surface area contributed by atoms with Crippen molar-refractivity contribution in [3.05, 3.63) is 38.9 Å². The normalized spacial score (nSPS) is 10.7. The summed E-state index contributed by atoms with van der Waals surface area (Å²) in [5, 5.41) is 18.7. The van der Waals surface area contributed by atoms with Gasteiger partial charge in [0.1, 0.15) is 12.4 Å². The first kappa shape index (κ1) is 17.1. The van der Waals surface area contributed by atoms with E-state index in [0.29, 0.717) is 13.1 Å². The fourth-order valence-electron chi connectivity index (χ4n) is 2.10. The number of hydrogen-bond donors (Lipinski definition) is 0. The Morgan fingerprint density at radius 1 is 1.43 bits per heavy atom. The minimum atomic E-state index is -0.513. The average molecular weight is 385 g/mol. The van der Waals surface area contributed by atoms with Crippen LogP contribution in [0.3, 0.4) is 0 Å². The Labute approximate surface area is 141 Å². The van der Waals surface area contributed by atoms with Crippen molar-refractivity contribution in [2.75, 3.05) is 7.05 Å². The topological polar surface area (TPSA) is 99.1 Å². The highest BCUT2D eigenvalue weighted by Crippen LogP contribution is 2.18. The second-order valence-corrected chi connectivity index (χ2v) is 5.83. The van der Waals surface area contributed by atoms with Crippen LogP contribution in [0.2, 0.25) is 0 Å². The summed E-state index contributed by atoms with van der Waals surface area (Å²) >= 11 is 3.43. The van der Waals surface area contributed by atoms with Crippen LogP contribution in [-0.2, 0) is 24.4 Å². The largest absolute Gasteiger partial charge is 0.340 e. The number of nitro groups is 1. The van der Waals surface area contributed by atoms with Gasteiger partial charge in [-0.15, -0.1) is 0 Å². The molecule has 0 unspecified atom stereocenters. The number of aryl methyl sites for hydroxylation is 2. The Hall–Kier alpha value is -2.23. The Balaban J connectivity index is 1.92. The number of aromatic nitrogens is 4. The van der Waals surface area contributed by atoms with E-state index in [1.165, 1.54) is 17.1 Å². The summed E-state index contributed by atoms with van der Waals surface area (Å²) in [6, 6.07) is 0. The summed E-state index contributed by atoms with van der Waals surface area (Å²) in [6.45, 7) is 3.44. The van der Waals surface area contributed by atoms with Crippen LogP contribution in [0, 0.1) is 10.1 Å². The van der Waals surface area contributed by atoms with E-state index in [0.717, 1.165) is 16.7 Å². The Morgan fingerprint density at radius 2 is 2.17 bits per heavy atom. The lowest BCUT2D eigenvalue weighted by molar-refractivity contribution is -0.385. The number of carbonyl (C=O) groups is 1. The standard InChI is InChI=1S/C13H17BrN6O3/c1-3-19-12(11(14)7-16-19)9-17(2)13(21)4-5-18-8-10(6-15-18)20(22)23/h6-8H,3-5,9H2,1-2H3. The molecular formula is C13H17BrN6O3. The van der Waals surface area contributed by atoms with Gasteiger partial charge in [-0.05, 0) is 22.9 Å². The van der Waals surface area contributed by atoms with Crippen LogP contribution in [0.4, 0.5) is 5.69 Å². The van der Waals surface area contributed by atoms with Crippen molar-refractivity contribution in [2.24, 2.45) is 0 Å². The maximum atomic E-state index is 12.2. The van der Waals surface area contributed by atoms with Gasteiger partial charge in [0.05, 0.1) is 27.8 Å². The van der Waals surface area contributed by atoms with E-state index in [1.54, 1.807) is 18.1 Å². The molecule has 2 aromatic heterocycles. The van der Waals surface area contributed by atoms with Crippen LogP contribution in [0.5, 0.6) is 0 Å². The zero-order chi connectivity index (χ0) is 17.0. The van der Waals surface area contributed by atoms with Gasteiger partial charge in [0.25, 0.3) is 0 Å². The van der Waals surface area contributed by atoms with Crippen LogP contribution in [0.25, 0.3) is 0 Å². The summed E-state index contributed by atoms with van der Waals surface area (Å²) in [4.78, 5) is 23.9. The van der Waals surface area contributed by atoms with E-state index < -0.39 is 4.92 Å². The van der Waals surface area contributed by atoms with Crippen molar-refractivity contribution >= 4 is 27.5 Å². The first-order valence-electron chi connectivity index (χ1n) is 7.03. The molecule has 0 radical (unpaired) electrons. The predicted molar refractivity (Wildman–Crippen MR) is 85.6 cm³/mol. The molecule has 2 aromatic rings. The maximum Gasteiger partial charge on any atom is 0.306 e. The fraction of sp³-hybridized carbons (Fsp3) is 0.462. The highest BCUT2D eigenvalue weighted by atomic mass is 79.9. The van der Waals surface area contributed by atoms with Crippen molar-refractivity contribution in [3.63, 3.8) is 0 Å². The van der Waals surface area contributed by atoms with Crippen molar-refractivity contribution in [2.45, 2.75) is 33.0 Å². The van der Waals surface area contributed by atoms with Gasteiger partial charge in [-0.25, -0.2) is 0 Å². The summed E-state index contributed by atoms with van der Waals surface area (Å²) < 4.78 is 4.09. The van der Waals surface area contributed by atoms with Gasteiger partial charge in [0.15, 0.2) is 0 Å². The molecule has 23 heavy (non-hydrogen) atoms. The van der Waals surface area contributed by atoms with Crippen molar-refractivity contribution in [1.29, 1.82) is 0 Å². The summed E-state index contributed by atoms with van der Waals surface area (Å²) in [7, 11) is 1.72. The third-order valence-electron chi connectivity index (χ3n) is 3.40. The first-order chi connectivity index (χ1) is 10.9. The van der Waals surface area contributed by atoms with Crippen LogP contribution < -0.4 is 0 Å². The Kier molecular flexibility index (Phi) is 5.48. The molecule has 0 fully saturated rings. The fourth-order valence-corrected chi connectivity index (χ4v) is 2.52. The van der Waals surface area contributed by atoms with Gasteiger partial charge in [-0.1, -0.05) is 0 Å². The highest BCUT2D eigenvalue weighted by Gasteiger charge is 2.15. The van der Waals surface area contributed by atoms with Gasteiger partial charge in [-0.3, -0.25) is 24.3 Å². The van der Waals surface area contributed by atoms with Gasteiger partial charge < -0.3 is 4.90 Å². The summed E-state index contributed by atoms with van der Waals surface area (Å²) in [5.74, 6) is -0.0705. The molecule has 10 heteroatoms. The Morgan fingerprint density at radius 3 is 2.78 bits per heavy atom. The number of amides is 1. The molecule has 2 heterocycles. The Bertz CT molecular complexity index is 710. The second kappa shape index (κ2) is 7.36. The number of rotatable bonds is 7. The smallest absolute Gasteiger partial charge is 0.306 e. The van der Waals surface area contributed by atoms with Crippen molar-refractivity contribution in [3.8, 4) is 0 Å². The van der Waals surface area contributed by atoms with E-state index in [-0.39, 0.29) is 18.0 Å². The van der Waals surface area contributed by atoms with Crippen LogP contribution in [0.15, 0.2) is 23.1 Å². The van der Waals surface area contributed by atoms with Crippen molar-refractivity contribution < 1.29 is 9.72 Å². The van der Waals surface area contributed by atoms with Gasteiger partial charge >= 0.3 is 5.69 Å². The molecule has 0 N–H and O–H groups in total. The lowest BCUT2D eigenvalue weighted by Gasteiger charge is -2.18. The molecule has 0 aliphatic heterocycles. The molecule has 0 spiro atoms. The molecular weight excluding hydrogens is 368 g/mol. The molecule has 0 bridgehead atoms. The molecule has 9 nitrogen and oxygen atoms in total. The molecule has 124 valence electrons. The molecule has 0 saturated heterocycles. The molecule has 0 saturated carbocycles. The molecule has 0 aliphatic rings. The van der Waals surface area contributed by atoms with Crippen molar-refractivity contribution in [1.82, 2.24) is 24.5 Å². The maximum absolute atomic E-state index is 12.2. The molecule has 0 aliphatic carbocycles. The molecule has 2 rings (SSSR count). The minimum Gasteiger partial charge on any atom is -0.340 e. The predicted octanol–water partition coefficient (Wildman–Crippen LogP) is 1.82. The van der Waals surface area contributed by atoms with E-state index in [4.69, 9.17) is 0 Å². The minimum absolute atomic E-state index is 0.0705. The summed E-state index contributed by atoms with van der Waals surface area (Å²) in [5.41, 5.74) is 0.847. The van der Waals surface area contributed by atoms with E-state index in [1.807, 2.05) is 11.6 Å². The lowest BCUT2D eigenvalue weighted by Crippen LogP contribution is -2.28. The number of nitrogens with zero attached hydrogens (tertiary/aromatic N) is 6. The van der Waals surface area contributed by atoms with E-state index in [2.05, 4.69) is 26.1 Å². The highest BCUT2D eigenvalue weighted by molar-refractivity contribution is 9.10. The third-order valence-corrected chi connectivity index (χ3v) is 4.06. The zero-order valence-corrected chi connectivity index (χ0v) is 14.4. The van der Waals surface area contributed by atoms with Gasteiger partial charge in [0.2, 0.25) is 5.91 Å². The number of halogens is 1. The van der Waals surface area contributed by atoms with Gasteiger partial charge in [-0.2, -0.15) is 10.2 Å². The molecule has 1 amide bonds. The van der Waals surface area contributed by atoms with Gasteiger partial charge in [0, 0.05) is 26.6 Å². The molecule has 0 atom stereocenters. The van der Waals surface area contributed by atoms with E-state index in [9.17, 15) is 14.9 Å².